The minimum Gasteiger partial charge on any atom is -0.507 e. The van der Waals surface area contributed by atoms with Gasteiger partial charge in [-0.1, -0.05) is 6.07 Å². The van der Waals surface area contributed by atoms with Gasteiger partial charge in [0.15, 0.2) is 0 Å². The Morgan fingerprint density at radius 3 is 2.37 bits per heavy atom. The Balaban J connectivity index is 2.08. The number of nitrogens with zero attached hydrogens (tertiary/aromatic N) is 1. The van der Waals surface area contributed by atoms with Crippen LogP contribution in [0.5, 0.6) is 23.0 Å². The number of fused-ring (bicyclic) bond motifs is 2. The number of rotatable bonds is 3. The van der Waals surface area contributed by atoms with Gasteiger partial charge in [-0.2, -0.15) is 0 Å². The second-order valence-corrected chi connectivity index (χ2v) is 8.29. The molecular weight excluding hydrogens is 378 g/mol. The average Bonchev–Trinajstić information content (AvgIpc) is 2.71. The maximum atomic E-state index is 11.5. The fraction of sp³-hybridized carbons (Fsp3) is 0.360. The Morgan fingerprint density at radius 1 is 1.00 bits per heavy atom. The van der Waals surface area contributed by atoms with Gasteiger partial charge in [0.25, 0.3) is 0 Å². The number of benzene rings is 3. The fourth-order valence-electron chi connectivity index (χ4n) is 4.76. The van der Waals surface area contributed by atoms with Crippen LogP contribution in [0.4, 0.5) is 0 Å². The second-order valence-electron chi connectivity index (χ2n) is 8.29. The fourth-order valence-corrected chi connectivity index (χ4v) is 4.76. The van der Waals surface area contributed by atoms with Gasteiger partial charge in [0.2, 0.25) is 0 Å². The molecule has 1 aliphatic rings. The first kappa shape index (κ1) is 20.4. The summed E-state index contributed by atoms with van der Waals surface area (Å²) in [7, 11) is 5.31. The van der Waals surface area contributed by atoms with E-state index in [1.54, 1.807) is 20.3 Å². The first-order valence-electron chi connectivity index (χ1n) is 10.2. The number of phenols is 2. The van der Waals surface area contributed by atoms with Crippen LogP contribution in [-0.2, 0) is 6.42 Å². The zero-order valence-electron chi connectivity index (χ0n) is 18.4. The highest BCUT2D eigenvalue weighted by Crippen LogP contribution is 2.50. The summed E-state index contributed by atoms with van der Waals surface area (Å²) < 4.78 is 11.3. The van der Waals surface area contributed by atoms with Crippen molar-refractivity contribution < 1.29 is 19.7 Å². The molecule has 0 bridgehead atoms. The molecule has 0 unspecified atom stereocenters. The van der Waals surface area contributed by atoms with E-state index in [9.17, 15) is 10.2 Å². The first-order valence-corrected chi connectivity index (χ1v) is 10.2. The zero-order valence-corrected chi connectivity index (χ0v) is 18.4. The molecule has 0 spiro atoms. The minimum atomic E-state index is 0.0769. The third-order valence-corrected chi connectivity index (χ3v) is 6.54. The maximum Gasteiger partial charge on any atom is 0.132 e. The Bertz CT molecular complexity index is 1140. The van der Waals surface area contributed by atoms with Gasteiger partial charge in [-0.05, 0) is 80.6 Å². The first-order chi connectivity index (χ1) is 14.3. The molecule has 0 saturated carbocycles. The summed E-state index contributed by atoms with van der Waals surface area (Å²) in [6.45, 7) is 6.30. The molecule has 4 rings (SSSR count). The van der Waals surface area contributed by atoms with Crippen LogP contribution < -0.4 is 9.47 Å². The standard InChI is InChI=1S/C25H29NO4/c1-13-9-18-17(7-8-19(27)23(18)20(10-13)29-5)24-21(30-6)12-16-11-14(2)26(4)15(3)22(16)25(24)28/h7-10,12,14-15,27-28H,11H2,1-6H3/t14-,15-/m1/s1. The number of likely N-dealkylation sites (N-methyl/N-ethyl adjacent to an activating group) is 1. The topological polar surface area (TPSA) is 62.2 Å². The third kappa shape index (κ3) is 2.96. The molecule has 1 heterocycles. The molecule has 0 aromatic heterocycles. The van der Waals surface area contributed by atoms with Crippen molar-refractivity contribution in [3.63, 3.8) is 0 Å². The largest absolute Gasteiger partial charge is 0.507 e. The summed E-state index contributed by atoms with van der Waals surface area (Å²) in [5.74, 6) is 1.61. The molecule has 5 heteroatoms. The number of hydrogen-bond donors (Lipinski definition) is 2. The Hall–Kier alpha value is -2.92. The van der Waals surface area contributed by atoms with Crippen LogP contribution in [0.3, 0.4) is 0 Å². The van der Waals surface area contributed by atoms with Crippen molar-refractivity contribution in [3.8, 4) is 34.1 Å². The van der Waals surface area contributed by atoms with Crippen molar-refractivity contribution >= 4 is 10.8 Å². The number of methoxy groups -OCH3 is 2. The van der Waals surface area contributed by atoms with Crippen LogP contribution in [0.15, 0.2) is 30.3 Å². The molecule has 0 fully saturated rings. The monoisotopic (exact) mass is 407 g/mol. The van der Waals surface area contributed by atoms with Gasteiger partial charge in [-0.25, -0.2) is 0 Å². The van der Waals surface area contributed by atoms with Gasteiger partial charge in [0, 0.05) is 17.6 Å². The second kappa shape index (κ2) is 7.40. The molecule has 0 amide bonds. The quantitative estimate of drug-likeness (QED) is 0.626. The third-order valence-electron chi connectivity index (χ3n) is 6.54. The lowest BCUT2D eigenvalue weighted by Gasteiger charge is -2.38. The molecule has 5 nitrogen and oxygen atoms in total. The lowest BCUT2D eigenvalue weighted by atomic mass is 9.84. The summed E-state index contributed by atoms with van der Waals surface area (Å²) in [5.41, 5.74) is 4.50. The highest BCUT2D eigenvalue weighted by Gasteiger charge is 2.32. The van der Waals surface area contributed by atoms with E-state index in [1.165, 1.54) is 0 Å². The van der Waals surface area contributed by atoms with E-state index in [1.807, 2.05) is 25.1 Å². The van der Waals surface area contributed by atoms with Crippen LogP contribution in [0.1, 0.15) is 36.6 Å². The van der Waals surface area contributed by atoms with E-state index >= 15 is 0 Å². The maximum absolute atomic E-state index is 11.5. The van der Waals surface area contributed by atoms with Gasteiger partial charge in [-0.3, -0.25) is 4.90 Å². The van der Waals surface area contributed by atoms with Gasteiger partial charge in [0.05, 0.1) is 25.2 Å². The normalized spacial score (nSPS) is 19.0. The summed E-state index contributed by atoms with van der Waals surface area (Å²) in [6.07, 6.45) is 0.851. The highest BCUT2D eigenvalue weighted by atomic mass is 16.5. The lowest BCUT2D eigenvalue weighted by molar-refractivity contribution is 0.176. The van der Waals surface area contributed by atoms with Crippen LogP contribution in [0.2, 0.25) is 0 Å². The molecule has 2 N–H and O–H groups in total. The molecular formula is C25H29NO4. The number of hydrogen-bond acceptors (Lipinski definition) is 5. The molecule has 3 aromatic carbocycles. The van der Waals surface area contributed by atoms with Gasteiger partial charge in [-0.15, -0.1) is 0 Å². The van der Waals surface area contributed by atoms with E-state index in [-0.39, 0.29) is 17.5 Å². The molecule has 2 atom stereocenters. The predicted molar refractivity (Wildman–Crippen MR) is 120 cm³/mol. The smallest absolute Gasteiger partial charge is 0.132 e. The zero-order chi connectivity index (χ0) is 21.7. The van der Waals surface area contributed by atoms with Crippen molar-refractivity contribution in [1.29, 1.82) is 0 Å². The SMILES string of the molecule is COc1cc2c(c(O)c1-c1ccc(O)c3c(OC)cc(C)cc13)[C@@H](C)N(C)[C@H](C)C2. The van der Waals surface area contributed by atoms with E-state index in [0.29, 0.717) is 28.5 Å². The van der Waals surface area contributed by atoms with E-state index in [0.717, 1.165) is 34.1 Å². The number of aryl methyl sites for hydroxylation is 1. The van der Waals surface area contributed by atoms with E-state index < -0.39 is 0 Å². The van der Waals surface area contributed by atoms with Gasteiger partial charge < -0.3 is 19.7 Å². The van der Waals surface area contributed by atoms with Gasteiger partial charge >= 0.3 is 0 Å². The highest BCUT2D eigenvalue weighted by molar-refractivity contribution is 6.05. The van der Waals surface area contributed by atoms with Crippen LogP contribution >= 0.6 is 0 Å². The van der Waals surface area contributed by atoms with Crippen LogP contribution in [-0.4, -0.2) is 42.4 Å². The molecule has 1 aliphatic heterocycles. The molecule has 0 radical (unpaired) electrons. The van der Waals surface area contributed by atoms with Crippen molar-refractivity contribution in [2.45, 2.75) is 39.3 Å². The molecule has 158 valence electrons. The number of phenolic OH excluding ortho intramolecular Hbond substituents is 2. The van der Waals surface area contributed by atoms with Crippen molar-refractivity contribution in [2.75, 3.05) is 21.3 Å². The Labute approximate surface area is 177 Å². The molecule has 3 aromatic rings. The van der Waals surface area contributed by atoms with Crippen molar-refractivity contribution in [2.24, 2.45) is 0 Å². The number of aromatic hydroxyl groups is 2. The summed E-state index contributed by atoms with van der Waals surface area (Å²) in [5, 5.41) is 23.5. The van der Waals surface area contributed by atoms with Crippen molar-refractivity contribution in [3.05, 3.63) is 47.0 Å². The lowest BCUT2D eigenvalue weighted by Crippen LogP contribution is -2.38. The van der Waals surface area contributed by atoms with Crippen LogP contribution in [0.25, 0.3) is 21.9 Å². The van der Waals surface area contributed by atoms with Crippen molar-refractivity contribution in [1.82, 2.24) is 4.90 Å². The Morgan fingerprint density at radius 2 is 1.70 bits per heavy atom. The van der Waals surface area contributed by atoms with Crippen LogP contribution in [0, 0.1) is 6.92 Å². The summed E-state index contributed by atoms with van der Waals surface area (Å²) >= 11 is 0. The molecule has 0 aliphatic carbocycles. The summed E-state index contributed by atoms with van der Waals surface area (Å²) in [6, 6.07) is 9.89. The predicted octanol–water partition coefficient (Wildman–Crippen LogP) is 5.18. The van der Waals surface area contributed by atoms with E-state index in [2.05, 4.69) is 31.9 Å². The van der Waals surface area contributed by atoms with Gasteiger partial charge in [0.1, 0.15) is 23.0 Å². The number of ether oxygens (including phenoxy) is 2. The minimum absolute atomic E-state index is 0.0769. The average molecular weight is 408 g/mol. The molecule has 30 heavy (non-hydrogen) atoms. The molecule has 0 saturated heterocycles. The van der Waals surface area contributed by atoms with E-state index in [4.69, 9.17) is 9.47 Å². The summed E-state index contributed by atoms with van der Waals surface area (Å²) in [4.78, 5) is 2.28. The Kier molecular flexibility index (Phi) is 5.02.